The van der Waals surface area contributed by atoms with E-state index in [1.165, 1.54) is 12.1 Å². The second-order valence-corrected chi connectivity index (χ2v) is 10.9. The zero-order valence-corrected chi connectivity index (χ0v) is 23.4. The summed E-state index contributed by atoms with van der Waals surface area (Å²) in [6.45, 7) is 11.8. The zero-order chi connectivity index (χ0) is 27.4. The molecule has 9 nitrogen and oxygen atoms in total. The Morgan fingerprint density at radius 3 is 2.32 bits per heavy atom. The normalized spacial score (nSPS) is 11.8. The van der Waals surface area contributed by atoms with Gasteiger partial charge >= 0.3 is 0 Å². The number of anilines is 1. The van der Waals surface area contributed by atoms with Crippen LogP contribution in [0.15, 0.2) is 68.8 Å². The molecular formula is C27H31N3O6S2. The average molecular weight is 558 g/mol. The summed E-state index contributed by atoms with van der Waals surface area (Å²) in [5.74, 6) is 0.668. The van der Waals surface area contributed by atoms with Gasteiger partial charge in [-0.1, -0.05) is 6.07 Å². The van der Waals surface area contributed by atoms with Gasteiger partial charge in [-0.15, -0.1) is 0 Å². The monoisotopic (exact) mass is 557 g/mol. The molecule has 0 fully saturated rings. The predicted molar refractivity (Wildman–Crippen MR) is 148 cm³/mol. The van der Waals surface area contributed by atoms with Crippen molar-refractivity contribution < 1.29 is 27.5 Å². The quantitative estimate of drug-likeness (QED) is 0.103. The molecule has 11 heteroatoms. The number of fused-ring (bicyclic) bond motifs is 2. The molecule has 0 atom stereocenters. The molecule has 0 bridgehead atoms. The molecule has 38 heavy (non-hydrogen) atoms. The van der Waals surface area contributed by atoms with E-state index in [2.05, 4.69) is 46.5 Å². The molecule has 2 aliphatic rings. The van der Waals surface area contributed by atoms with Gasteiger partial charge in [-0.05, 0) is 63.6 Å². The van der Waals surface area contributed by atoms with E-state index in [9.17, 15) is 13.7 Å². The van der Waals surface area contributed by atoms with Gasteiger partial charge in [0.15, 0.2) is 0 Å². The van der Waals surface area contributed by atoms with E-state index in [1.807, 2.05) is 36.4 Å². The van der Waals surface area contributed by atoms with Crippen LogP contribution in [-0.2, 0) is 19.4 Å². The predicted octanol–water partition coefficient (Wildman–Crippen LogP) is 3.74. The van der Waals surface area contributed by atoms with Gasteiger partial charge in [0.1, 0.15) is 24.4 Å². The SMILES string of the molecule is CCN(CC)c1ccc2c(-c3ccc(S(N)(=O)=O)cc3SOO[O-])c3ccc(=[N+](CC)CC)cc-3oc2c1. The number of sulfonamides is 1. The van der Waals surface area contributed by atoms with Crippen molar-refractivity contribution in [2.24, 2.45) is 5.14 Å². The molecule has 0 amide bonds. The van der Waals surface area contributed by atoms with Crippen LogP contribution < -0.4 is 25.2 Å². The molecule has 0 spiro atoms. The van der Waals surface area contributed by atoms with E-state index in [1.54, 1.807) is 6.07 Å². The first-order valence-corrected chi connectivity index (χ1v) is 14.7. The average Bonchev–Trinajstić information content (AvgIpc) is 2.91. The fraction of sp³-hybridized carbons (Fsp3) is 0.296. The third kappa shape index (κ3) is 5.58. The van der Waals surface area contributed by atoms with E-state index in [0.717, 1.165) is 53.7 Å². The second kappa shape index (κ2) is 11.9. The Kier molecular flexibility index (Phi) is 8.76. The summed E-state index contributed by atoms with van der Waals surface area (Å²) in [5.41, 5.74) is 3.95. The molecule has 1 aliphatic heterocycles. The highest BCUT2D eigenvalue weighted by atomic mass is 32.2. The molecule has 1 heterocycles. The highest BCUT2D eigenvalue weighted by molar-refractivity contribution is 7.94. The molecule has 2 aromatic carbocycles. The van der Waals surface area contributed by atoms with Gasteiger partial charge in [-0.3, -0.25) is 5.04 Å². The topological polar surface area (TPSA) is 121 Å². The number of benzene rings is 3. The molecule has 0 saturated carbocycles. The van der Waals surface area contributed by atoms with Crippen molar-refractivity contribution in [2.45, 2.75) is 37.5 Å². The second-order valence-electron chi connectivity index (χ2n) is 8.60. The number of hydrogen-bond acceptors (Lipinski definition) is 8. The van der Waals surface area contributed by atoms with Crippen molar-refractivity contribution in [1.29, 1.82) is 0 Å². The fourth-order valence-corrected chi connectivity index (χ4v) is 5.88. The summed E-state index contributed by atoms with van der Waals surface area (Å²) in [4.78, 5) is 2.47. The van der Waals surface area contributed by atoms with Gasteiger partial charge < -0.3 is 14.6 Å². The van der Waals surface area contributed by atoms with Crippen LogP contribution in [0.1, 0.15) is 27.7 Å². The van der Waals surface area contributed by atoms with Gasteiger partial charge in [0.05, 0.1) is 23.0 Å². The van der Waals surface area contributed by atoms with E-state index in [-0.39, 0.29) is 4.90 Å². The smallest absolute Gasteiger partial charge is 0.238 e. The lowest BCUT2D eigenvalue weighted by Gasteiger charge is -2.23. The van der Waals surface area contributed by atoms with Crippen molar-refractivity contribution >= 4 is 38.7 Å². The number of nitrogens with two attached hydrogens (primary N) is 1. The van der Waals surface area contributed by atoms with Gasteiger partial charge in [-0.2, -0.15) is 4.33 Å². The van der Waals surface area contributed by atoms with Gasteiger partial charge in [0.25, 0.3) is 0 Å². The van der Waals surface area contributed by atoms with Crippen LogP contribution in [-0.4, -0.2) is 34.6 Å². The summed E-state index contributed by atoms with van der Waals surface area (Å²) >= 11 is 0.618. The summed E-state index contributed by atoms with van der Waals surface area (Å²) in [6.07, 6.45) is 0. The van der Waals surface area contributed by atoms with Crippen molar-refractivity contribution in [3.05, 3.63) is 60.0 Å². The summed E-state index contributed by atoms with van der Waals surface area (Å²) < 4.78 is 37.5. The van der Waals surface area contributed by atoms with E-state index < -0.39 is 10.0 Å². The lowest BCUT2D eigenvalue weighted by Crippen LogP contribution is -2.29. The summed E-state index contributed by atoms with van der Waals surface area (Å²) in [7, 11) is -3.99. The summed E-state index contributed by atoms with van der Waals surface area (Å²) in [5, 5.41) is 21.5. The first-order valence-electron chi connectivity index (χ1n) is 12.4. The van der Waals surface area contributed by atoms with Crippen LogP contribution >= 0.6 is 12.0 Å². The Morgan fingerprint density at radius 2 is 1.68 bits per heavy atom. The van der Waals surface area contributed by atoms with Gasteiger partial charge in [0, 0.05) is 52.3 Å². The Bertz CT molecular complexity index is 1590. The van der Waals surface area contributed by atoms with Gasteiger partial charge in [-0.25, -0.2) is 18.1 Å². The number of hydrogen-bond donors (Lipinski definition) is 1. The maximum Gasteiger partial charge on any atom is 0.238 e. The standard InChI is InChI=1S/C27H31N3O6S2/c1-5-29(6-2)18-9-12-21-24(15-18)34-25-16-19(30(7-3)8-4)10-13-22(25)27(21)23-14-11-20(38(28,32)33)17-26(23)37-36-35-31/h9-17H,5-8H2,1-4H3,(H2-,28,31,32,33). The minimum Gasteiger partial charge on any atom is -0.691 e. The van der Waals surface area contributed by atoms with Crippen LogP contribution in [0, 0.1) is 0 Å². The van der Waals surface area contributed by atoms with Crippen LogP contribution in [0.4, 0.5) is 5.69 Å². The van der Waals surface area contributed by atoms with E-state index in [4.69, 9.17) is 9.56 Å². The lowest BCUT2D eigenvalue weighted by atomic mass is 9.93. The lowest BCUT2D eigenvalue weighted by molar-refractivity contribution is -0.777. The van der Waals surface area contributed by atoms with Crippen molar-refractivity contribution in [2.75, 3.05) is 31.1 Å². The van der Waals surface area contributed by atoms with Crippen LogP contribution in [0.3, 0.4) is 0 Å². The Labute approximate surface area is 226 Å². The largest absolute Gasteiger partial charge is 0.691 e. The van der Waals surface area contributed by atoms with Crippen LogP contribution in [0.5, 0.6) is 0 Å². The molecule has 0 aromatic heterocycles. The van der Waals surface area contributed by atoms with Crippen LogP contribution in [0.25, 0.3) is 33.4 Å². The van der Waals surface area contributed by atoms with Crippen molar-refractivity contribution in [1.82, 2.24) is 4.58 Å². The maximum absolute atomic E-state index is 12.1. The highest BCUT2D eigenvalue weighted by Gasteiger charge is 2.23. The van der Waals surface area contributed by atoms with E-state index >= 15 is 0 Å². The number of primary sulfonamides is 1. The Hall–Kier alpha value is -2.93. The molecule has 0 radical (unpaired) electrons. The molecule has 4 rings (SSSR count). The molecule has 2 aromatic rings. The number of rotatable bonds is 10. The molecule has 2 N–H and O–H groups in total. The molecule has 202 valence electrons. The van der Waals surface area contributed by atoms with E-state index in [0.29, 0.717) is 33.8 Å². The third-order valence-corrected chi connectivity index (χ3v) is 8.20. The van der Waals surface area contributed by atoms with Crippen LogP contribution in [0.2, 0.25) is 0 Å². The van der Waals surface area contributed by atoms with Crippen molar-refractivity contribution in [3.63, 3.8) is 0 Å². The van der Waals surface area contributed by atoms with Crippen molar-refractivity contribution in [3.8, 4) is 22.5 Å². The number of nitrogens with zero attached hydrogens (tertiary/aromatic N) is 2. The third-order valence-electron chi connectivity index (χ3n) is 6.65. The molecule has 1 aliphatic carbocycles. The summed E-state index contributed by atoms with van der Waals surface area (Å²) in [6, 6.07) is 16.5. The first kappa shape index (κ1) is 28.1. The molecule has 0 unspecified atom stereocenters. The maximum atomic E-state index is 12.1. The molecule has 0 saturated heterocycles. The Morgan fingerprint density at radius 1 is 0.974 bits per heavy atom. The highest BCUT2D eigenvalue weighted by Crippen LogP contribution is 2.44. The minimum atomic E-state index is -3.99. The first-order chi connectivity index (χ1) is 18.2. The fourth-order valence-electron chi connectivity index (χ4n) is 4.73. The Balaban J connectivity index is 2.11. The minimum absolute atomic E-state index is 0.111. The molecular weight excluding hydrogens is 526 g/mol. The zero-order valence-electron chi connectivity index (χ0n) is 21.8. The van der Waals surface area contributed by atoms with Gasteiger partial charge in [0.2, 0.25) is 15.4 Å².